The predicted octanol–water partition coefficient (Wildman–Crippen LogP) is -2.56. The number of benzene rings is 1. The molecule has 0 radical (unpaired) electrons. The first kappa shape index (κ1) is 33.2. The van der Waals surface area contributed by atoms with E-state index in [-0.39, 0.29) is 32.0 Å². The maximum absolute atomic E-state index is 13.2. The summed E-state index contributed by atoms with van der Waals surface area (Å²) in [5.41, 5.74) is 0.740. The molecule has 1 saturated heterocycles. The Kier molecular flexibility index (Phi) is 13.2. The average molecular weight is 577 g/mol. The lowest BCUT2D eigenvalue weighted by Crippen LogP contribution is -2.60. The number of aliphatic hydroxyl groups is 1. The van der Waals surface area contributed by atoms with Crippen LogP contribution in [0.4, 0.5) is 0 Å². The van der Waals surface area contributed by atoms with Crippen LogP contribution in [0, 0.1) is 5.92 Å². The normalized spacial score (nSPS) is 23.9. The van der Waals surface area contributed by atoms with Crippen molar-refractivity contribution in [1.29, 1.82) is 0 Å². The molecule has 1 aliphatic rings. The Morgan fingerprint density at radius 1 is 0.951 bits per heavy atom. The third kappa shape index (κ3) is 10.5. The van der Waals surface area contributed by atoms with Gasteiger partial charge in [-0.05, 0) is 18.4 Å². The van der Waals surface area contributed by atoms with E-state index in [2.05, 4.69) is 26.6 Å². The predicted molar refractivity (Wildman–Crippen MR) is 147 cm³/mol. The summed E-state index contributed by atoms with van der Waals surface area (Å²) in [5, 5.41) is 22.5. The molecule has 2 rings (SSSR count). The Morgan fingerprint density at radius 3 is 2.22 bits per heavy atom. The van der Waals surface area contributed by atoms with Crippen molar-refractivity contribution in [1.82, 2.24) is 31.5 Å². The zero-order chi connectivity index (χ0) is 30.5. The number of nitrogens with one attached hydrogen (secondary N) is 5. The van der Waals surface area contributed by atoms with Gasteiger partial charge in [0.25, 0.3) is 0 Å². The maximum Gasteiger partial charge on any atom is 0.249 e. The van der Waals surface area contributed by atoms with Crippen LogP contribution in [0.1, 0.15) is 26.3 Å². The van der Waals surface area contributed by atoms with Crippen LogP contribution in [0.3, 0.4) is 0 Å². The second-order valence-corrected chi connectivity index (χ2v) is 10.1. The highest BCUT2D eigenvalue weighted by atomic mass is 16.5. The van der Waals surface area contributed by atoms with Gasteiger partial charge in [-0.1, -0.05) is 44.2 Å². The SMILES string of the molecule is COCC(=O)N1CCNC(=O)[C@@H](Cc2ccccc2)NC(=O)[C@H](CO)NC(=O)[C@H](C)NC(=O)[C@@H](C(C)C)NC(=O)C1. The zero-order valence-electron chi connectivity index (χ0n) is 23.8. The fourth-order valence-electron chi connectivity index (χ4n) is 4.06. The molecule has 0 unspecified atom stereocenters. The van der Waals surface area contributed by atoms with Gasteiger partial charge in [-0.2, -0.15) is 0 Å². The fourth-order valence-corrected chi connectivity index (χ4v) is 4.06. The van der Waals surface area contributed by atoms with Crippen molar-refractivity contribution in [3.05, 3.63) is 35.9 Å². The molecule has 226 valence electrons. The van der Waals surface area contributed by atoms with Gasteiger partial charge in [-0.15, -0.1) is 0 Å². The zero-order valence-corrected chi connectivity index (χ0v) is 23.8. The number of hydrogen-bond acceptors (Lipinski definition) is 8. The summed E-state index contributed by atoms with van der Waals surface area (Å²) in [7, 11) is 1.33. The van der Waals surface area contributed by atoms with Gasteiger partial charge in [0.05, 0.1) is 13.2 Å². The third-order valence-electron chi connectivity index (χ3n) is 6.38. The van der Waals surface area contributed by atoms with Gasteiger partial charge in [0.1, 0.15) is 30.8 Å². The van der Waals surface area contributed by atoms with Crippen molar-refractivity contribution in [2.45, 2.75) is 51.4 Å². The van der Waals surface area contributed by atoms with Crippen molar-refractivity contribution in [2.75, 3.05) is 40.0 Å². The Morgan fingerprint density at radius 2 is 1.61 bits per heavy atom. The lowest BCUT2D eigenvalue weighted by Gasteiger charge is -2.28. The van der Waals surface area contributed by atoms with E-state index in [0.29, 0.717) is 0 Å². The molecule has 0 spiro atoms. The molecule has 1 fully saturated rings. The van der Waals surface area contributed by atoms with Gasteiger partial charge in [0.2, 0.25) is 35.4 Å². The standard InChI is InChI=1S/C27H40N6O8/c1-16(2)23-27(40)29-17(3)24(37)31-20(14-34)26(39)30-19(12-18-8-6-5-7-9-18)25(38)28-10-11-33(13-21(35)32-23)22(36)15-41-4/h5-9,16-17,19-20,23,34H,10-15H2,1-4H3,(H,28,38)(H,29,40)(H,30,39)(H,31,37)(H,32,35)/t17-,19+,20-,23+/m0/s1. The highest BCUT2D eigenvalue weighted by molar-refractivity contribution is 5.96. The molecule has 1 aliphatic heterocycles. The quantitative estimate of drug-likeness (QED) is 0.213. The fraction of sp³-hybridized carbons (Fsp3) is 0.556. The van der Waals surface area contributed by atoms with Crippen LogP contribution in [-0.4, -0.2) is 110 Å². The van der Waals surface area contributed by atoms with E-state index < -0.39 is 72.8 Å². The van der Waals surface area contributed by atoms with Crippen LogP contribution < -0.4 is 26.6 Å². The molecule has 4 atom stereocenters. The molecule has 41 heavy (non-hydrogen) atoms. The topological polar surface area (TPSA) is 195 Å². The number of hydrogen-bond donors (Lipinski definition) is 6. The second kappa shape index (κ2) is 16.3. The molecule has 6 amide bonds. The summed E-state index contributed by atoms with van der Waals surface area (Å²) in [6.45, 7) is 3.18. The second-order valence-electron chi connectivity index (χ2n) is 10.1. The smallest absolute Gasteiger partial charge is 0.249 e. The molecule has 0 bridgehead atoms. The summed E-state index contributed by atoms with van der Waals surface area (Å²) >= 11 is 0. The van der Waals surface area contributed by atoms with Crippen molar-refractivity contribution in [3.8, 4) is 0 Å². The summed E-state index contributed by atoms with van der Waals surface area (Å²) in [4.78, 5) is 78.6. The molecular formula is C27H40N6O8. The number of carbonyl (C=O) groups excluding carboxylic acids is 6. The van der Waals surface area contributed by atoms with E-state index >= 15 is 0 Å². The monoisotopic (exact) mass is 576 g/mol. The first-order chi connectivity index (χ1) is 19.5. The Balaban J connectivity index is 2.37. The van der Waals surface area contributed by atoms with Crippen LogP contribution in [0.25, 0.3) is 0 Å². The molecule has 1 aromatic rings. The van der Waals surface area contributed by atoms with E-state index in [0.717, 1.165) is 5.56 Å². The maximum atomic E-state index is 13.2. The minimum atomic E-state index is -1.41. The van der Waals surface area contributed by atoms with E-state index in [9.17, 15) is 33.9 Å². The van der Waals surface area contributed by atoms with Crippen LogP contribution in [0.5, 0.6) is 0 Å². The third-order valence-corrected chi connectivity index (χ3v) is 6.38. The number of methoxy groups -OCH3 is 1. The molecule has 1 heterocycles. The number of nitrogens with zero attached hydrogens (tertiary/aromatic N) is 1. The summed E-state index contributed by atoms with van der Waals surface area (Å²) in [6.07, 6.45) is 0.0995. The average Bonchev–Trinajstić information content (AvgIpc) is 2.93. The number of carbonyl (C=O) groups is 6. The number of rotatable bonds is 6. The molecule has 14 nitrogen and oxygen atoms in total. The Bertz CT molecular complexity index is 1080. The molecule has 6 N–H and O–H groups in total. The molecule has 0 aromatic heterocycles. The van der Waals surface area contributed by atoms with Gasteiger partial charge < -0.3 is 41.3 Å². The van der Waals surface area contributed by atoms with Crippen molar-refractivity contribution in [3.63, 3.8) is 0 Å². The summed E-state index contributed by atoms with van der Waals surface area (Å²) in [5.74, 6) is -4.30. The van der Waals surface area contributed by atoms with Crippen LogP contribution in [0.2, 0.25) is 0 Å². The lowest BCUT2D eigenvalue weighted by atomic mass is 10.0. The van der Waals surface area contributed by atoms with Gasteiger partial charge in [-0.3, -0.25) is 28.8 Å². The van der Waals surface area contributed by atoms with Crippen LogP contribution in [0.15, 0.2) is 30.3 Å². The highest BCUT2D eigenvalue weighted by Gasteiger charge is 2.31. The minimum Gasteiger partial charge on any atom is -0.394 e. The first-order valence-corrected chi connectivity index (χ1v) is 13.4. The lowest BCUT2D eigenvalue weighted by molar-refractivity contribution is -0.140. The largest absolute Gasteiger partial charge is 0.394 e. The van der Waals surface area contributed by atoms with Crippen molar-refractivity contribution >= 4 is 35.4 Å². The van der Waals surface area contributed by atoms with Crippen LogP contribution in [-0.2, 0) is 39.9 Å². The van der Waals surface area contributed by atoms with Crippen LogP contribution >= 0.6 is 0 Å². The van der Waals surface area contributed by atoms with Crippen molar-refractivity contribution < 1.29 is 38.6 Å². The molecule has 1 aromatic carbocycles. The number of ether oxygens (including phenoxy) is 1. The minimum absolute atomic E-state index is 0.0573. The molecule has 14 heteroatoms. The van der Waals surface area contributed by atoms with E-state index in [1.165, 1.54) is 18.9 Å². The highest BCUT2D eigenvalue weighted by Crippen LogP contribution is 2.06. The Labute approximate surface area is 238 Å². The number of aliphatic hydroxyl groups excluding tert-OH is 1. The van der Waals surface area contributed by atoms with Gasteiger partial charge in [-0.25, -0.2) is 0 Å². The van der Waals surface area contributed by atoms with E-state index in [1.807, 2.05) is 0 Å². The van der Waals surface area contributed by atoms with Crippen molar-refractivity contribution in [2.24, 2.45) is 5.92 Å². The summed E-state index contributed by atoms with van der Waals surface area (Å²) < 4.78 is 4.91. The Hall–Kier alpha value is -4.04. The summed E-state index contributed by atoms with van der Waals surface area (Å²) in [6, 6.07) is 4.22. The van der Waals surface area contributed by atoms with E-state index in [1.54, 1.807) is 44.2 Å². The first-order valence-electron chi connectivity index (χ1n) is 13.4. The van der Waals surface area contributed by atoms with E-state index in [4.69, 9.17) is 4.74 Å². The number of amides is 6. The van der Waals surface area contributed by atoms with Gasteiger partial charge in [0, 0.05) is 26.6 Å². The van der Waals surface area contributed by atoms with Gasteiger partial charge >= 0.3 is 0 Å². The molecule has 0 saturated carbocycles. The molecular weight excluding hydrogens is 536 g/mol. The molecule has 0 aliphatic carbocycles. The van der Waals surface area contributed by atoms with Gasteiger partial charge in [0.15, 0.2) is 0 Å².